The van der Waals surface area contributed by atoms with E-state index in [0.29, 0.717) is 6.42 Å². The van der Waals surface area contributed by atoms with Gasteiger partial charge in [-0.2, -0.15) is 0 Å². The number of nitrogens with one attached hydrogen (secondary N) is 1. The van der Waals surface area contributed by atoms with Gasteiger partial charge >= 0.3 is 0 Å². The van der Waals surface area contributed by atoms with E-state index in [4.69, 9.17) is 5.73 Å². The van der Waals surface area contributed by atoms with E-state index in [1.165, 1.54) is 0 Å². The van der Waals surface area contributed by atoms with Crippen LogP contribution in [-0.2, 0) is 9.59 Å². The summed E-state index contributed by atoms with van der Waals surface area (Å²) in [5, 5.41) is 2.64. The smallest absolute Gasteiger partial charge is 0.289 e. The van der Waals surface area contributed by atoms with Crippen LogP contribution in [0.2, 0.25) is 0 Å². The number of hydrogen-bond acceptors (Lipinski definition) is 3. The van der Waals surface area contributed by atoms with Gasteiger partial charge in [0.1, 0.15) is 0 Å². The molecule has 0 radical (unpaired) electrons. The molecule has 4 heteroatoms. The van der Waals surface area contributed by atoms with Crippen molar-refractivity contribution in [3.63, 3.8) is 0 Å². The van der Waals surface area contributed by atoms with E-state index < -0.39 is 17.7 Å². The van der Waals surface area contributed by atoms with E-state index in [1.807, 2.05) is 6.92 Å². The molecule has 1 fully saturated rings. The van der Waals surface area contributed by atoms with Gasteiger partial charge in [-0.3, -0.25) is 9.59 Å². The Hall–Kier alpha value is -0.900. The van der Waals surface area contributed by atoms with Crippen LogP contribution in [-0.4, -0.2) is 23.8 Å². The lowest BCUT2D eigenvalue weighted by molar-refractivity contribution is -0.138. The van der Waals surface area contributed by atoms with Crippen LogP contribution >= 0.6 is 0 Å². The molecule has 0 aromatic rings. The summed E-state index contributed by atoms with van der Waals surface area (Å²) in [6.45, 7) is 2.03. The Balaban J connectivity index is 2.26. The zero-order valence-electron chi connectivity index (χ0n) is 8.58. The summed E-state index contributed by atoms with van der Waals surface area (Å²) in [4.78, 5) is 22.6. The molecule has 1 atom stereocenters. The largest absolute Gasteiger partial charge is 0.347 e. The maximum absolute atomic E-state index is 11.4. The van der Waals surface area contributed by atoms with Gasteiger partial charge in [-0.05, 0) is 19.3 Å². The first-order valence-electron chi connectivity index (χ1n) is 5.25. The average Bonchev–Trinajstić information content (AvgIpc) is 2.96. The Labute approximate surface area is 84.2 Å². The third kappa shape index (κ3) is 3.46. The summed E-state index contributed by atoms with van der Waals surface area (Å²) in [6.07, 6.45) is 4.47. The fourth-order valence-corrected chi connectivity index (χ4v) is 1.21. The molecule has 14 heavy (non-hydrogen) atoms. The van der Waals surface area contributed by atoms with Gasteiger partial charge in [0.05, 0.1) is 6.04 Å². The van der Waals surface area contributed by atoms with Crippen molar-refractivity contribution in [2.45, 2.75) is 51.1 Å². The number of nitrogens with two attached hydrogens (primary N) is 1. The van der Waals surface area contributed by atoms with Crippen LogP contribution < -0.4 is 11.1 Å². The molecule has 1 saturated carbocycles. The number of Topliss-reactive ketones (excluding diaryl/α,β-unsaturated/α-hetero) is 1. The monoisotopic (exact) mass is 198 g/mol. The lowest BCUT2D eigenvalue weighted by Crippen LogP contribution is -2.43. The van der Waals surface area contributed by atoms with Gasteiger partial charge in [0, 0.05) is 6.04 Å². The second kappa shape index (κ2) is 5.10. The van der Waals surface area contributed by atoms with Gasteiger partial charge in [-0.15, -0.1) is 0 Å². The number of amides is 1. The van der Waals surface area contributed by atoms with Crippen LogP contribution in [0, 0.1) is 0 Å². The van der Waals surface area contributed by atoms with Gasteiger partial charge in [0.25, 0.3) is 5.91 Å². The Kier molecular flexibility index (Phi) is 4.07. The molecule has 1 rings (SSSR count). The number of rotatable bonds is 6. The van der Waals surface area contributed by atoms with Crippen LogP contribution in [0.1, 0.15) is 39.0 Å². The van der Waals surface area contributed by atoms with Crippen LogP contribution in [0.3, 0.4) is 0 Å². The SMILES string of the molecule is CCCCC(N)C(=O)C(=O)NC1CC1. The van der Waals surface area contributed by atoms with Gasteiger partial charge in [-0.25, -0.2) is 0 Å². The molecule has 0 saturated heterocycles. The zero-order chi connectivity index (χ0) is 10.6. The molecule has 0 bridgehead atoms. The Bertz CT molecular complexity index is 224. The van der Waals surface area contributed by atoms with Crippen molar-refractivity contribution in [3.8, 4) is 0 Å². The number of carbonyl (C=O) groups excluding carboxylic acids is 2. The topological polar surface area (TPSA) is 72.2 Å². The third-order valence-corrected chi connectivity index (χ3v) is 2.34. The molecule has 1 unspecified atom stereocenters. The third-order valence-electron chi connectivity index (χ3n) is 2.34. The van der Waals surface area contributed by atoms with Crippen molar-refractivity contribution >= 4 is 11.7 Å². The summed E-state index contributed by atoms with van der Waals surface area (Å²) in [5.74, 6) is -0.971. The average molecular weight is 198 g/mol. The van der Waals surface area contributed by atoms with E-state index in [0.717, 1.165) is 25.7 Å². The molecule has 80 valence electrons. The highest BCUT2D eigenvalue weighted by Crippen LogP contribution is 2.18. The van der Waals surface area contributed by atoms with Gasteiger partial charge in [-0.1, -0.05) is 19.8 Å². The van der Waals surface area contributed by atoms with E-state index in [-0.39, 0.29) is 6.04 Å². The summed E-state index contributed by atoms with van der Waals surface area (Å²) >= 11 is 0. The maximum atomic E-state index is 11.4. The number of ketones is 1. The van der Waals surface area contributed by atoms with E-state index in [1.54, 1.807) is 0 Å². The molecule has 1 aliphatic rings. The number of carbonyl (C=O) groups is 2. The van der Waals surface area contributed by atoms with Crippen molar-refractivity contribution in [1.29, 1.82) is 0 Å². The molecule has 0 aromatic heterocycles. The number of unbranched alkanes of at least 4 members (excludes halogenated alkanes) is 1. The first kappa shape index (κ1) is 11.2. The van der Waals surface area contributed by atoms with Crippen LogP contribution in [0.15, 0.2) is 0 Å². The van der Waals surface area contributed by atoms with Crippen molar-refractivity contribution in [2.75, 3.05) is 0 Å². The second-order valence-corrected chi connectivity index (χ2v) is 3.86. The van der Waals surface area contributed by atoms with Crippen molar-refractivity contribution < 1.29 is 9.59 Å². The minimum atomic E-state index is -0.617. The first-order chi connectivity index (χ1) is 6.65. The summed E-state index contributed by atoms with van der Waals surface area (Å²) in [6, 6.07) is -0.390. The zero-order valence-corrected chi connectivity index (χ0v) is 8.58. The molecular formula is C10H18N2O2. The predicted molar refractivity (Wildman–Crippen MR) is 53.7 cm³/mol. The second-order valence-electron chi connectivity index (χ2n) is 3.86. The van der Waals surface area contributed by atoms with Gasteiger partial charge in [0.15, 0.2) is 0 Å². The molecule has 0 aliphatic heterocycles. The van der Waals surface area contributed by atoms with Crippen molar-refractivity contribution in [3.05, 3.63) is 0 Å². The minimum absolute atomic E-state index is 0.227. The molecule has 0 heterocycles. The van der Waals surface area contributed by atoms with Crippen LogP contribution in [0.4, 0.5) is 0 Å². The summed E-state index contributed by atoms with van der Waals surface area (Å²) < 4.78 is 0. The lowest BCUT2D eigenvalue weighted by Gasteiger charge is -2.09. The maximum Gasteiger partial charge on any atom is 0.289 e. The van der Waals surface area contributed by atoms with Crippen molar-refractivity contribution in [1.82, 2.24) is 5.32 Å². The molecule has 0 aromatic carbocycles. The number of hydrogen-bond donors (Lipinski definition) is 2. The van der Waals surface area contributed by atoms with Crippen LogP contribution in [0.25, 0.3) is 0 Å². The lowest BCUT2D eigenvalue weighted by atomic mass is 10.1. The highest BCUT2D eigenvalue weighted by molar-refractivity contribution is 6.38. The normalized spacial score (nSPS) is 17.6. The fourth-order valence-electron chi connectivity index (χ4n) is 1.21. The van der Waals surface area contributed by atoms with Crippen LogP contribution in [0.5, 0.6) is 0 Å². The first-order valence-corrected chi connectivity index (χ1v) is 5.25. The fraction of sp³-hybridized carbons (Fsp3) is 0.800. The quantitative estimate of drug-likeness (QED) is 0.605. The molecular weight excluding hydrogens is 180 g/mol. The minimum Gasteiger partial charge on any atom is -0.347 e. The Morgan fingerprint density at radius 2 is 2.14 bits per heavy atom. The van der Waals surface area contributed by atoms with Gasteiger partial charge < -0.3 is 11.1 Å². The highest BCUT2D eigenvalue weighted by Gasteiger charge is 2.28. The van der Waals surface area contributed by atoms with E-state index in [9.17, 15) is 9.59 Å². The van der Waals surface area contributed by atoms with Gasteiger partial charge in [0.2, 0.25) is 5.78 Å². The van der Waals surface area contributed by atoms with Crippen molar-refractivity contribution in [2.24, 2.45) is 5.73 Å². The summed E-state index contributed by atoms with van der Waals surface area (Å²) in [5.41, 5.74) is 5.59. The van der Waals surface area contributed by atoms with E-state index >= 15 is 0 Å². The predicted octanol–water partition coefficient (Wildman–Crippen LogP) is 0.352. The molecule has 3 N–H and O–H groups in total. The highest BCUT2D eigenvalue weighted by atomic mass is 16.2. The summed E-state index contributed by atoms with van der Waals surface area (Å²) in [7, 11) is 0. The molecule has 1 aliphatic carbocycles. The van der Waals surface area contributed by atoms with E-state index in [2.05, 4.69) is 5.32 Å². The Morgan fingerprint density at radius 3 is 2.64 bits per heavy atom. The standard InChI is InChI=1S/C10H18N2O2/c1-2-3-4-8(11)9(13)10(14)12-7-5-6-7/h7-8H,2-6,11H2,1H3,(H,12,14). The Morgan fingerprint density at radius 1 is 1.50 bits per heavy atom. The molecule has 4 nitrogen and oxygen atoms in total. The molecule has 0 spiro atoms. The molecule has 1 amide bonds.